The van der Waals surface area contributed by atoms with E-state index in [1.807, 2.05) is 0 Å². The van der Waals surface area contributed by atoms with E-state index in [-0.39, 0.29) is 24.8 Å². The van der Waals surface area contributed by atoms with E-state index < -0.39 is 0 Å². The quantitative estimate of drug-likeness (QED) is 0.245. The van der Waals surface area contributed by atoms with Crippen molar-refractivity contribution >= 4 is 11.7 Å². The van der Waals surface area contributed by atoms with Gasteiger partial charge in [-0.05, 0) is 13.0 Å². The van der Waals surface area contributed by atoms with Crippen LogP contribution in [-0.4, -0.2) is 71.2 Å². The van der Waals surface area contributed by atoms with Crippen molar-refractivity contribution in [1.29, 1.82) is 0 Å². The van der Waals surface area contributed by atoms with Gasteiger partial charge in [-0.15, -0.1) is 0 Å². The number of carbonyl (C=O) groups excluding carboxylic acids is 1. The predicted octanol–water partition coefficient (Wildman–Crippen LogP) is -1.35. The van der Waals surface area contributed by atoms with Gasteiger partial charge < -0.3 is 20.9 Å². The van der Waals surface area contributed by atoms with Crippen LogP contribution in [0.5, 0.6) is 0 Å². The molecule has 0 aromatic rings. The molecule has 0 saturated carbocycles. The second-order valence-electron chi connectivity index (χ2n) is 4.07. The summed E-state index contributed by atoms with van der Waals surface area (Å²) in [6.07, 6.45) is 0.832. The van der Waals surface area contributed by atoms with E-state index in [1.165, 1.54) is 0 Å². The van der Waals surface area contributed by atoms with Gasteiger partial charge in [0.1, 0.15) is 5.84 Å². The fraction of sp³-hybridized carbons (Fsp3) is 0.800. The fourth-order valence-electron chi connectivity index (χ4n) is 1.89. The van der Waals surface area contributed by atoms with E-state index in [0.29, 0.717) is 19.6 Å². The van der Waals surface area contributed by atoms with E-state index in [1.54, 1.807) is 4.90 Å². The van der Waals surface area contributed by atoms with Crippen LogP contribution in [0, 0.1) is 0 Å². The molecule has 0 unspecified atom stereocenters. The van der Waals surface area contributed by atoms with Crippen molar-refractivity contribution in [2.45, 2.75) is 12.8 Å². The standard InChI is InChI=1S/C10H20N4O3/c11-9(12-17)8-10(16)14-3-1-2-13(4-5-14)6-7-15/h15,17H,1-8H2,(H2,11,12). The van der Waals surface area contributed by atoms with Gasteiger partial charge in [-0.3, -0.25) is 9.69 Å². The Hall–Kier alpha value is -1.34. The summed E-state index contributed by atoms with van der Waals surface area (Å²) >= 11 is 0. The van der Waals surface area contributed by atoms with Crippen LogP contribution in [0.3, 0.4) is 0 Å². The van der Waals surface area contributed by atoms with Crippen LogP contribution in [0.2, 0.25) is 0 Å². The molecule has 7 nitrogen and oxygen atoms in total. The zero-order chi connectivity index (χ0) is 12.7. The lowest BCUT2D eigenvalue weighted by molar-refractivity contribution is -0.129. The minimum absolute atomic E-state index is 0.0451. The molecule has 1 saturated heterocycles. The van der Waals surface area contributed by atoms with Gasteiger partial charge in [0, 0.05) is 26.2 Å². The summed E-state index contributed by atoms with van der Waals surface area (Å²) < 4.78 is 0. The molecule has 1 heterocycles. The Morgan fingerprint density at radius 3 is 2.71 bits per heavy atom. The van der Waals surface area contributed by atoms with E-state index in [2.05, 4.69) is 10.1 Å². The second kappa shape index (κ2) is 7.08. The minimum Gasteiger partial charge on any atom is -0.409 e. The van der Waals surface area contributed by atoms with Gasteiger partial charge in [-0.25, -0.2) is 0 Å². The molecule has 0 atom stereocenters. The SMILES string of the molecule is NC(CC(=O)N1CCCN(CCO)CC1)=NO. The smallest absolute Gasteiger partial charge is 0.230 e. The van der Waals surface area contributed by atoms with Crippen LogP contribution in [0.1, 0.15) is 12.8 Å². The third-order valence-corrected chi connectivity index (χ3v) is 2.82. The molecule has 98 valence electrons. The van der Waals surface area contributed by atoms with Crippen LogP contribution in [-0.2, 0) is 4.79 Å². The van der Waals surface area contributed by atoms with Crippen molar-refractivity contribution in [3.05, 3.63) is 0 Å². The second-order valence-corrected chi connectivity index (χ2v) is 4.07. The molecule has 0 bridgehead atoms. The molecule has 1 aliphatic rings. The molecule has 7 heteroatoms. The first-order valence-corrected chi connectivity index (χ1v) is 5.74. The lowest BCUT2D eigenvalue weighted by Gasteiger charge is -2.21. The molecule has 0 aromatic heterocycles. The van der Waals surface area contributed by atoms with Crippen LogP contribution in [0.15, 0.2) is 5.16 Å². The Labute approximate surface area is 100 Å². The minimum atomic E-state index is -0.119. The van der Waals surface area contributed by atoms with E-state index in [4.69, 9.17) is 16.0 Å². The first kappa shape index (κ1) is 13.7. The Bertz CT molecular complexity index is 283. The summed E-state index contributed by atoms with van der Waals surface area (Å²) in [5, 5.41) is 20.1. The van der Waals surface area contributed by atoms with Crippen molar-refractivity contribution < 1.29 is 15.1 Å². The van der Waals surface area contributed by atoms with Gasteiger partial charge in [0.15, 0.2) is 0 Å². The average molecular weight is 244 g/mol. The number of rotatable bonds is 4. The van der Waals surface area contributed by atoms with Gasteiger partial charge in [0.05, 0.1) is 13.0 Å². The lowest BCUT2D eigenvalue weighted by Crippen LogP contribution is -2.37. The summed E-state index contributed by atoms with van der Waals surface area (Å²) in [4.78, 5) is 15.6. The van der Waals surface area contributed by atoms with Crippen molar-refractivity contribution in [1.82, 2.24) is 9.80 Å². The van der Waals surface area contributed by atoms with Gasteiger partial charge in [-0.2, -0.15) is 0 Å². The fourth-order valence-corrected chi connectivity index (χ4v) is 1.89. The molecule has 0 radical (unpaired) electrons. The highest BCUT2D eigenvalue weighted by molar-refractivity contribution is 5.98. The number of carbonyl (C=O) groups is 1. The Kier molecular flexibility index (Phi) is 5.71. The topological polar surface area (TPSA) is 102 Å². The maximum absolute atomic E-state index is 11.8. The van der Waals surface area contributed by atoms with Crippen LogP contribution in [0.25, 0.3) is 0 Å². The Morgan fingerprint density at radius 2 is 2.06 bits per heavy atom. The first-order valence-electron chi connectivity index (χ1n) is 5.74. The molecule has 0 aliphatic carbocycles. The highest BCUT2D eigenvalue weighted by Gasteiger charge is 2.19. The molecule has 17 heavy (non-hydrogen) atoms. The number of hydrogen-bond acceptors (Lipinski definition) is 5. The molecule has 4 N–H and O–H groups in total. The molecular weight excluding hydrogens is 224 g/mol. The zero-order valence-corrected chi connectivity index (χ0v) is 9.88. The summed E-state index contributed by atoms with van der Waals surface area (Å²) in [6.45, 7) is 3.72. The van der Waals surface area contributed by atoms with Crippen LogP contribution >= 0.6 is 0 Å². The van der Waals surface area contributed by atoms with Gasteiger partial charge in [0.25, 0.3) is 0 Å². The average Bonchev–Trinajstić information content (AvgIpc) is 2.55. The number of aliphatic hydroxyl groups is 1. The number of aliphatic hydroxyl groups excluding tert-OH is 1. The molecular formula is C10H20N4O3. The third kappa shape index (κ3) is 4.58. The van der Waals surface area contributed by atoms with E-state index in [9.17, 15) is 4.79 Å². The number of nitrogens with two attached hydrogens (primary N) is 1. The predicted molar refractivity (Wildman–Crippen MR) is 62.7 cm³/mol. The van der Waals surface area contributed by atoms with E-state index in [0.717, 1.165) is 19.5 Å². The van der Waals surface area contributed by atoms with Gasteiger partial charge in [0.2, 0.25) is 5.91 Å². The molecule has 0 spiro atoms. The number of amides is 1. The third-order valence-electron chi connectivity index (χ3n) is 2.82. The highest BCUT2D eigenvalue weighted by atomic mass is 16.4. The maximum atomic E-state index is 11.8. The highest BCUT2D eigenvalue weighted by Crippen LogP contribution is 2.04. The number of hydrogen-bond donors (Lipinski definition) is 3. The Morgan fingerprint density at radius 1 is 1.29 bits per heavy atom. The summed E-state index contributed by atoms with van der Waals surface area (Å²) in [6, 6.07) is 0. The van der Waals surface area contributed by atoms with Crippen molar-refractivity contribution in [3.63, 3.8) is 0 Å². The molecule has 1 amide bonds. The Balaban J connectivity index is 2.42. The van der Waals surface area contributed by atoms with Crippen molar-refractivity contribution in [2.75, 3.05) is 39.3 Å². The molecule has 1 aliphatic heterocycles. The number of amidine groups is 1. The number of β-amino-alcohol motifs (C(OH)–C–C–N with tert-alkyl or cyclic N) is 1. The maximum Gasteiger partial charge on any atom is 0.230 e. The first-order chi connectivity index (χ1) is 8.17. The normalized spacial score (nSPS) is 19.1. The number of nitrogens with zero attached hydrogens (tertiary/aromatic N) is 3. The van der Waals surface area contributed by atoms with Crippen molar-refractivity contribution in [2.24, 2.45) is 10.9 Å². The molecule has 0 aromatic carbocycles. The van der Waals surface area contributed by atoms with Gasteiger partial charge >= 0.3 is 0 Å². The van der Waals surface area contributed by atoms with Gasteiger partial charge in [-0.1, -0.05) is 5.16 Å². The lowest BCUT2D eigenvalue weighted by atomic mass is 10.3. The summed E-state index contributed by atoms with van der Waals surface area (Å²) in [5.74, 6) is -0.183. The number of oxime groups is 1. The van der Waals surface area contributed by atoms with Crippen LogP contribution < -0.4 is 5.73 Å². The molecule has 1 rings (SSSR count). The van der Waals surface area contributed by atoms with Crippen molar-refractivity contribution in [3.8, 4) is 0 Å². The summed E-state index contributed by atoms with van der Waals surface area (Å²) in [5.41, 5.74) is 5.30. The van der Waals surface area contributed by atoms with E-state index >= 15 is 0 Å². The largest absolute Gasteiger partial charge is 0.409 e. The zero-order valence-electron chi connectivity index (χ0n) is 9.88. The molecule has 1 fully saturated rings. The summed E-state index contributed by atoms with van der Waals surface area (Å²) in [7, 11) is 0. The monoisotopic (exact) mass is 244 g/mol. The van der Waals surface area contributed by atoms with Crippen LogP contribution in [0.4, 0.5) is 0 Å².